The Balaban J connectivity index is -0.00000163. The summed E-state index contributed by atoms with van der Waals surface area (Å²) < 4.78 is 13.0. The number of unbranched alkanes of at least 4 members (excludes halogenated alkanes) is 25. The predicted molar refractivity (Wildman–Crippen MR) is 602 cm³/mol. The van der Waals surface area contributed by atoms with Crippen LogP contribution in [0.3, 0.4) is 0 Å². The quantitative estimate of drug-likeness (QED) is 0.00698. The maximum absolute atomic E-state index is 13.0. The number of carbonyl (C=O) groups excluding carboxylic acids is 2. The maximum Gasteiger partial charge on any atom is 2.00 e. The van der Waals surface area contributed by atoms with Crippen LogP contribution in [0.15, 0.2) is 142 Å². The minimum Gasteiger partial charge on any atom is 2.00 e. The smallest absolute Gasteiger partial charge is 2.00 e. The second-order valence-corrected chi connectivity index (χ2v) is 66.3. The fourth-order valence-corrected chi connectivity index (χ4v) is 23.4. The first kappa shape index (κ1) is 136. The number of halogens is 7. The van der Waals surface area contributed by atoms with Crippen LogP contribution in [-0.4, -0.2) is 124 Å². The number of carbonyl (C=O) groups is 3. The zero-order valence-corrected chi connectivity index (χ0v) is 102. The van der Waals surface area contributed by atoms with Crippen molar-refractivity contribution in [2.75, 3.05) is 11.0 Å². The van der Waals surface area contributed by atoms with E-state index in [0.29, 0.717) is 43.3 Å². The van der Waals surface area contributed by atoms with E-state index in [9.17, 15) is 19.5 Å². The van der Waals surface area contributed by atoms with Gasteiger partial charge in [0.1, 0.15) is 31.9 Å². The number of phenolic OH excluding ortho intramolecular Hbond substituents is 1. The largest absolute Gasteiger partial charge is 2.00 e. The summed E-state index contributed by atoms with van der Waals surface area (Å²) in [5, 5.41) is 17.7. The van der Waals surface area contributed by atoms with E-state index in [4.69, 9.17) is 58.6 Å². The van der Waals surface area contributed by atoms with E-state index in [0.717, 1.165) is 95.8 Å². The van der Waals surface area contributed by atoms with Crippen LogP contribution in [0.2, 0.25) is 70.5 Å². The van der Waals surface area contributed by atoms with E-state index in [1.807, 2.05) is 113 Å². The van der Waals surface area contributed by atoms with Crippen molar-refractivity contribution in [1.29, 1.82) is 0 Å². The van der Waals surface area contributed by atoms with Crippen LogP contribution < -0.4 is 21.9 Å². The molecule has 0 saturated carbocycles. The van der Waals surface area contributed by atoms with Gasteiger partial charge in [0.25, 0.3) is 0 Å². The molecule has 13 nitrogen and oxygen atoms in total. The molecule has 0 aliphatic carbocycles. The number of aromatic hydroxyl groups is 1. The van der Waals surface area contributed by atoms with E-state index >= 15 is 0 Å². The molecule has 6 heterocycles. The Bertz CT molecular complexity index is 4440. The van der Waals surface area contributed by atoms with Crippen LogP contribution >= 0.6 is 110 Å². The van der Waals surface area contributed by atoms with Crippen LogP contribution in [0.1, 0.15) is 323 Å². The molecule has 3 aromatic carbocycles. The van der Waals surface area contributed by atoms with Crippen molar-refractivity contribution in [3.05, 3.63) is 203 Å². The molecule has 0 radical (unpaired) electrons. The average Bonchev–Trinajstić information content (AvgIpc) is 1.41. The minimum atomic E-state index is -1.39. The number of ether oxygens (including phenoxy) is 2. The summed E-state index contributed by atoms with van der Waals surface area (Å²) in [6.07, 6.45) is 56.8. The topological polar surface area (TPSA) is 187 Å². The summed E-state index contributed by atoms with van der Waals surface area (Å²) in [5.41, 5.74) is 9.95. The van der Waals surface area contributed by atoms with Crippen molar-refractivity contribution < 1.29 is 63.8 Å². The SMILES string of the molecule is C.CCCCCCCCCCc1cnc(-c2ccc(O)cc2)nc1.CCCCCCCCCCc1cnc(-c2ccc(OC(=O)c3ccc(Br)s3)cc2)nc1.CCCCCCCCCCc1cnc(-c2ccc(OC(=O)c3ccc(C[Si](C)(C)CCCC)s3)c(C)c2C)nc1.CCCC[Si](C)(C)CCl.C[Si](C)(Cl)CCl.O=C(O)c1ccc(Br)s1.[CH2-]CCC.[CH2-][Si](C)(C)CCCC.[Cl-].[Cl][Zn+].[Mg+2]. The number of nitrogens with zero attached hydrogens (tertiary/aromatic N) is 6. The first-order chi connectivity index (χ1) is 63.0. The number of hydrogen-bond acceptors (Lipinski definition) is 15. The molecule has 9 aromatic rings. The predicted octanol–water partition coefficient (Wildman–Crippen LogP) is 33.8. The second kappa shape index (κ2) is 82.2. The number of carboxylic acids is 1. The number of esters is 2. The van der Waals surface area contributed by atoms with Crippen molar-refractivity contribution in [3.63, 3.8) is 0 Å². The van der Waals surface area contributed by atoms with Gasteiger partial charge in [0.05, 0.1) is 23.7 Å². The van der Waals surface area contributed by atoms with Crippen LogP contribution in [0.25, 0.3) is 34.2 Å². The first-order valence-electron chi connectivity index (χ1n) is 48.5. The Hall–Kier alpha value is -3.12. The minimum absolute atomic E-state index is 0. The number of alkyl halides is 2. The fourth-order valence-electron chi connectivity index (χ4n) is 13.0. The summed E-state index contributed by atoms with van der Waals surface area (Å²) in [6, 6.07) is 34.3. The number of aromatic nitrogens is 6. The molecule has 135 heavy (non-hydrogen) atoms. The van der Waals surface area contributed by atoms with Gasteiger partial charge in [0.15, 0.2) is 24.9 Å². The molecule has 0 bridgehead atoms. The van der Waals surface area contributed by atoms with Gasteiger partial charge in [0, 0.05) is 69.8 Å². The molecule has 29 heteroatoms. The van der Waals surface area contributed by atoms with Crippen molar-refractivity contribution in [2.24, 2.45) is 0 Å². The maximum atomic E-state index is 13.0. The molecular weight excluding hydrogens is 2100 g/mol. The van der Waals surface area contributed by atoms with Gasteiger partial charge in [-0.1, -0.05) is 306 Å². The summed E-state index contributed by atoms with van der Waals surface area (Å²) in [4.78, 5) is 65.5. The molecule has 0 unspecified atom stereocenters. The van der Waals surface area contributed by atoms with Gasteiger partial charge < -0.3 is 45.6 Å². The van der Waals surface area contributed by atoms with Crippen molar-refractivity contribution in [2.45, 2.75) is 371 Å². The number of carboxylic acid groups (broad SMARTS) is 1. The average molecular weight is 2270 g/mol. The number of hydrogen-bond donors (Lipinski definition) is 2. The molecule has 9 rings (SSSR count). The van der Waals surface area contributed by atoms with Crippen molar-refractivity contribution >= 4 is 182 Å². The molecule has 0 aliphatic rings. The van der Waals surface area contributed by atoms with Crippen LogP contribution in [-0.2, 0) is 42.6 Å². The van der Waals surface area contributed by atoms with Gasteiger partial charge in [-0.05, 0) is 215 Å². The molecule has 2 N–H and O–H groups in total. The fraction of sp³-hybridized carbons (Fsp3) is 0.557. The number of aryl methyl sites for hydroxylation is 3. The van der Waals surface area contributed by atoms with E-state index in [1.54, 1.807) is 53.8 Å². The number of aromatic carboxylic acids is 1. The summed E-state index contributed by atoms with van der Waals surface area (Å²) in [6.45, 7) is 45.7. The van der Waals surface area contributed by atoms with Crippen molar-refractivity contribution in [3.8, 4) is 51.4 Å². The summed E-state index contributed by atoms with van der Waals surface area (Å²) in [5.74, 6) is 1.98. The van der Waals surface area contributed by atoms with E-state index in [2.05, 4.69) is 169 Å². The van der Waals surface area contributed by atoms with E-state index in [-0.39, 0.29) is 60.6 Å². The normalized spacial score (nSPS) is 10.7. The third-order valence-electron chi connectivity index (χ3n) is 21.4. The molecule has 0 fully saturated rings. The van der Waals surface area contributed by atoms with Crippen molar-refractivity contribution in [1.82, 2.24) is 29.9 Å². The molecule has 0 atom stereocenters. The zero-order chi connectivity index (χ0) is 98.6. The van der Waals surface area contributed by atoms with E-state index < -0.39 is 37.6 Å². The van der Waals surface area contributed by atoms with Gasteiger partial charge in [-0.15, -0.1) is 65.3 Å². The number of phenols is 1. The Morgan fingerprint density at radius 1 is 0.430 bits per heavy atom. The van der Waals surface area contributed by atoms with Gasteiger partial charge >= 0.3 is 68.0 Å². The Labute approximate surface area is 902 Å². The van der Waals surface area contributed by atoms with Gasteiger partial charge in [-0.2, -0.15) is 17.5 Å². The van der Waals surface area contributed by atoms with Crippen LogP contribution in [0, 0.1) is 27.3 Å². The molecule has 6 aromatic heterocycles. The number of benzene rings is 3. The second-order valence-electron chi connectivity index (χ2n) is 36.7. The third-order valence-corrected chi connectivity index (χ3v) is 38.8. The molecule has 748 valence electrons. The van der Waals surface area contributed by atoms with Crippen LogP contribution in [0.5, 0.6) is 17.2 Å². The first-order valence-corrected chi connectivity index (χ1v) is 71.9. The molecule has 0 spiro atoms. The van der Waals surface area contributed by atoms with Gasteiger partial charge in [-0.25, -0.2) is 44.3 Å². The van der Waals surface area contributed by atoms with Crippen LogP contribution in [0.4, 0.5) is 0 Å². The third kappa shape index (κ3) is 67.2. The molecule has 0 amide bonds. The number of rotatable bonds is 49. The zero-order valence-electron chi connectivity index (χ0n) is 84.5. The monoisotopic (exact) mass is 2260 g/mol. The Kier molecular flexibility index (Phi) is 82.8. The van der Waals surface area contributed by atoms with E-state index in [1.165, 1.54) is 261 Å². The summed E-state index contributed by atoms with van der Waals surface area (Å²) in [7, 11) is 0.221. The molecular formula is C106H165Br2Cl5MgN6O7S3Si4Zn. The number of thiophene rings is 3. The summed E-state index contributed by atoms with van der Waals surface area (Å²) >= 11 is 28.4. The molecule has 0 saturated heterocycles. The Morgan fingerprint density at radius 3 is 1.10 bits per heavy atom. The van der Waals surface area contributed by atoms with Gasteiger partial charge in [-0.3, -0.25) is 0 Å². The van der Waals surface area contributed by atoms with Gasteiger partial charge in [0.2, 0.25) is 0 Å². The molecule has 0 aliphatic heterocycles. The standard InChI is InChI=1S/C34H50N2O2SSi.C25H29BrN2O2S.C20H28N2O.C7H17ClSi.C7H17Si.C5H3BrO2S.C4H9.C3H8Cl2Si.CH4.2ClH.Mg.Zn/c1-7-9-11-12-13-14-15-16-17-28-23-35-33(36-24-28)30-19-20-31(27(4)26(30)3)38-34(37)32-21-18-29(39-32)25-40(5,6)22-10-8-2;1-2-3-4-5-6-7-8-9-10-19-17-27-24(28-18-19)20-11-13-21(14-12-20)30-25(29)22-15-16-23(26)31-22;1-2-3-4-5-6-7-8-9-10-17-15-21-20(22-16-17)18-11-13-19(23)14-12-18;1-4-5-6-9(2,3)7-8;1-5-6-7-8(2,3)4;6-4-2-1-3(9-4)5(7)8;1-3-4-2;1-6(2,5)3-4;;;;;/h18-21,23-24H,7-17,22,25H2,1-6H3;11-18H,2-10H2,1H3;11-16,23H,2-10H2,1H3;4-7H2,1-3H3;2,5-7H2,1,3-4H3;1-2H,(H,7,8);1,3-4H2,2H3;3H2,1-2H3;1H4;2*1H;;/q;;;;-1;;-1;;;;;2*+2/p-2. The Morgan fingerprint density at radius 2 is 0.763 bits per heavy atom.